The minimum Gasteiger partial charge on any atom is -0.481 e. The van der Waals surface area contributed by atoms with Crippen molar-refractivity contribution in [3.8, 4) is 0 Å². The molecule has 3 N–H and O–H groups in total. The van der Waals surface area contributed by atoms with Crippen LogP contribution in [0.5, 0.6) is 0 Å². The second-order valence-electron chi connectivity index (χ2n) is 4.32. The molecule has 0 aliphatic rings. The summed E-state index contributed by atoms with van der Waals surface area (Å²) in [7, 11) is 1.57. The Kier molecular flexibility index (Phi) is 8.32. The molecule has 6 heteroatoms. The van der Waals surface area contributed by atoms with Crippen LogP contribution in [-0.2, 0) is 14.3 Å². The highest BCUT2D eigenvalue weighted by Crippen LogP contribution is 2.08. The normalized spacial score (nSPS) is 14.0. The lowest BCUT2D eigenvalue weighted by molar-refractivity contribution is -0.138. The Bertz CT molecular complexity index is 271. The Morgan fingerprint density at radius 3 is 2.50 bits per heavy atom. The quantitative estimate of drug-likeness (QED) is 0.628. The predicted octanol–water partition coefficient (Wildman–Crippen LogP) is 0.452. The maximum atomic E-state index is 12.1. The number of aliphatic carboxylic acids is 1. The van der Waals surface area contributed by atoms with E-state index < -0.39 is 12.0 Å². The highest BCUT2D eigenvalue weighted by molar-refractivity contribution is 5.82. The number of carboxylic acid groups (broad SMARTS) is 1. The van der Waals surface area contributed by atoms with Crippen molar-refractivity contribution in [1.29, 1.82) is 0 Å². The third-order valence-electron chi connectivity index (χ3n) is 2.93. The van der Waals surface area contributed by atoms with E-state index in [1.807, 2.05) is 13.8 Å². The van der Waals surface area contributed by atoms with Gasteiger partial charge in [0, 0.05) is 26.1 Å². The van der Waals surface area contributed by atoms with Crippen molar-refractivity contribution in [3.63, 3.8) is 0 Å². The van der Waals surface area contributed by atoms with E-state index in [0.717, 1.165) is 6.42 Å². The number of carbonyl (C=O) groups excluding carboxylic acids is 1. The Hall–Kier alpha value is -1.14. The van der Waals surface area contributed by atoms with Gasteiger partial charge in [-0.05, 0) is 19.8 Å². The molecule has 0 radical (unpaired) electrons. The Labute approximate surface area is 108 Å². The van der Waals surface area contributed by atoms with Gasteiger partial charge in [0.2, 0.25) is 5.91 Å². The molecule has 0 rings (SSSR count). The van der Waals surface area contributed by atoms with Gasteiger partial charge in [0.25, 0.3) is 0 Å². The summed E-state index contributed by atoms with van der Waals surface area (Å²) in [6, 6.07) is -0.685. The number of amides is 1. The fourth-order valence-corrected chi connectivity index (χ4v) is 1.57. The van der Waals surface area contributed by atoms with Crippen LogP contribution in [0.4, 0.5) is 0 Å². The number of rotatable bonds is 9. The van der Waals surface area contributed by atoms with Crippen molar-refractivity contribution in [1.82, 2.24) is 4.90 Å². The zero-order valence-electron chi connectivity index (χ0n) is 11.4. The lowest BCUT2D eigenvalue weighted by Crippen LogP contribution is -2.49. The highest BCUT2D eigenvalue weighted by atomic mass is 16.5. The molecule has 106 valence electrons. The maximum Gasteiger partial charge on any atom is 0.303 e. The lowest BCUT2D eigenvalue weighted by atomic mass is 10.1. The Morgan fingerprint density at radius 2 is 2.06 bits per heavy atom. The van der Waals surface area contributed by atoms with Crippen molar-refractivity contribution in [2.75, 3.05) is 20.3 Å². The van der Waals surface area contributed by atoms with Crippen LogP contribution in [0.1, 0.15) is 33.1 Å². The van der Waals surface area contributed by atoms with Gasteiger partial charge in [0.15, 0.2) is 0 Å². The first-order valence-electron chi connectivity index (χ1n) is 6.20. The Balaban J connectivity index is 4.47. The zero-order chi connectivity index (χ0) is 14.1. The van der Waals surface area contributed by atoms with E-state index in [2.05, 4.69) is 0 Å². The molecule has 0 saturated heterocycles. The van der Waals surface area contributed by atoms with E-state index in [4.69, 9.17) is 15.6 Å². The van der Waals surface area contributed by atoms with Crippen LogP contribution >= 0.6 is 0 Å². The maximum absolute atomic E-state index is 12.1. The van der Waals surface area contributed by atoms with Crippen LogP contribution in [0.3, 0.4) is 0 Å². The number of carbonyl (C=O) groups is 2. The molecule has 0 aromatic carbocycles. The minimum atomic E-state index is -0.940. The molecule has 18 heavy (non-hydrogen) atoms. The monoisotopic (exact) mass is 260 g/mol. The summed E-state index contributed by atoms with van der Waals surface area (Å²) < 4.78 is 4.97. The average molecular weight is 260 g/mol. The zero-order valence-corrected chi connectivity index (χ0v) is 11.4. The minimum absolute atomic E-state index is 0.0727. The van der Waals surface area contributed by atoms with Crippen molar-refractivity contribution in [3.05, 3.63) is 0 Å². The van der Waals surface area contributed by atoms with Gasteiger partial charge in [-0.2, -0.15) is 0 Å². The van der Waals surface area contributed by atoms with Crippen LogP contribution < -0.4 is 5.73 Å². The van der Waals surface area contributed by atoms with E-state index in [9.17, 15) is 9.59 Å². The van der Waals surface area contributed by atoms with Crippen molar-refractivity contribution in [2.45, 2.75) is 45.2 Å². The summed E-state index contributed by atoms with van der Waals surface area (Å²) in [4.78, 5) is 24.2. The Morgan fingerprint density at radius 1 is 1.44 bits per heavy atom. The fourth-order valence-electron chi connectivity index (χ4n) is 1.57. The first-order chi connectivity index (χ1) is 8.43. The largest absolute Gasteiger partial charge is 0.481 e. The third-order valence-corrected chi connectivity index (χ3v) is 2.93. The van der Waals surface area contributed by atoms with Crippen LogP contribution in [0.15, 0.2) is 0 Å². The lowest BCUT2D eigenvalue weighted by Gasteiger charge is -2.30. The number of methoxy groups -OCH3 is 1. The van der Waals surface area contributed by atoms with E-state index in [1.54, 1.807) is 12.0 Å². The molecule has 0 aromatic heterocycles. The number of carboxylic acids is 1. The summed E-state index contributed by atoms with van der Waals surface area (Å²) >= 11 is 0. The van der Waals surface area contributed by atoms with Gasteiger partial charge in [0.05, 0.1) is 12.6 Å². The van der Waals surface area contributed by atoms with E-state index in [0.29, 0.717) is 13.2 Å². The topological polar surface area (TPSA) is 92.9 Å². The van der Waals surface area contributed by atoms with Gasteiger partial charge in [0.1, 0.15) is 0 Å². The van der Waals surface area contributed by atoms with Crippen LogP contribution in [0.25, 0.3) is 0 Å². The first-order valence-corrected chi connectivity index (χ1v) is 6.20. The molecule has 2 atom stereocenters. The van der Waals surface area contributed by atoms with Gasteiger partial charge in [-0.3, -0.25) is 9.59 Å². The standard InChI is InChI=1S/C12H24N2O4/c1-4-9(2)14(7-8-18-3)12(17)10(13)5-6-11(15)16/h9-10H,4-8,13H2,1-3H3,(H,15,16). The SMILES string of the molecule is CCC(C)N(CCOC)C(=O)C(N)CCC(=O)O. The molecule has 1 amide bonds. The number of nitrogens with zero attached hydrogens (tertiary/aromatic N) is 1. The molecule has 0 fully saturated rings. The summed E-state index contributed by atoms with van der Waals surface area (Å²) in [6.07, 6.45) is 0.890. The first kappa shape index (κ1) is 16.9. The summed E-state index contributed by atoms with van der Waals surface area (Å²) in [5.74, 6) is -1.15. The van der Waals surface area contributed by atoms with Crippen molar-refractivity contribution in [2.24, 2.45) is 5.73 Å². The summed E-state index contributed by atoms with van der Waals surface area (Å²) in [5, 5.41) is 8.58. The highest BCUT2D eigenvalue weighted by Gasteiger charge is 2.24. The molecule has 0 heterocycles. The number of ether oxygens (including phenoxy) is 1. The number of hydrogen-bond acceptors (Lipinski definition) is 4. The van der Waals surface area contributed by atoms with Crippen LogP contribution in [-0.4, -0.2) is 54.2 Å². The summed E-state index contributed by atoms with van der Waals surface area (Å²) in [5.41, 5.74) is 5.74. The van der Waals surface area contributed by atoms with E-state index in [-0.39, 0.29) is 24.8 Å². The molecular formula is C12H24N2O4. The van der Waals surface area contributed by atoms with Crippen LogP contribution in [0.2, 0.25) is 0 Å². The molecule has 0 aliphatic heterocycles. The van der Waals surface area contributed by atoms with E-state index in [1.165, 1.54) is 0 Å². The molecular weight excluding hydrogens is 236 g/mol. The smallest absolute Gasteiger partial charge is 0.303 e. The molecule has 0 spiro atoms. The molecule has 0 saturated carbocycles. The summed E-state index contributed by atoms with van der Waals surface area (Å²) in [6.45, 7) is 4.85. The molecule has 0 aliphatic carbocycles. The predicted molar refractivity (Wildman–Crippen MR) is 68.2 cm³/mol. The van der Waals surface area contributed by atoms with Crippen molar-refractivity contribution >= 4 is 11.9 Å². The van der Waals surface area contributed by atoms with Gasteiger partial charge in [-0.1, -0.05) is 6.92 Å². The van der Waals surface area contributed by atoms with E-state index >= 15 is 0 Å². The number of nitrogens with two attached hydrogens (primary N) is 1. The second kappa shape index (κ2) is 8.88. The van der Waals surface area contributed by atoms with Gasteiger partial charge in [-0.15, -0.1) is 0 Å². The van der Waals surface area contributed by atoms with Gasteiger partial charge < -0.3 is 20.5 Å². The number of hydrogen-bond donors (Lipinski definition) is 2. The molecule has 0 aromatic rings. The van der Waals surface area contributed by atoms with Crippen molar-refractivity contribution < 1.29 is 19.4 Å². The average Bonchev–Trinajstić information content (AvgIpc) is 2.35. The molecule has 0 bridgehead atoms. The van der Waals surface area contributed by atoms with Crippen LogP contribution in [0, 0.1) is 0 Å². The fraction of sp³-hybridized carbons (Fsp3) is 0.833. The van der Waals surface area contributed by atoms with Gasteiger partial charge in [-0.25, -0.2) is 0 Å². The molecule has 2 unspecified atom stereocenters. The molecule has 6 nitrogen and oxygen atoms in total. The third kappa shape index (κ3) is 5.97. The van der Waals surface area contributed by atoms with Gasteiger partial charge >= 0.3 is 5.97 Å². The second-order valence-corrected chi connectivity index (χ2v) is 4.32.